The molecule has 20 heavy (non-hydrogen) atoms. The van der Waals surface area contributed by atoms with Crippen LogP contribution in [0.5, 0.6) is 0 Å². The Morgan fingerprint density at radius 2 is 2.15 bits per heavy atom. The van der Waals surface area contributed by atoms with Crippen LogP contribution in [-0.4, -0.2) is 21.0 Å². The molecule has 0 fully saturated rings. The Kier molecular flexibility index (Phi) is 4.61. The van der Waals surface area contributed by atoms with Crippen LogP contribution in [0, 0.1) is 13.8 Å². The van der Waals surface area contributed by atoms with Gasteiger partial charge in [0.1, 0.15) is 10.1 Å². The third kappa shape index (κ3) is 3.29. The van der Waals surface area contributed by atoms with Crippen LogP contribution in [0.15, 0.2) is 44.1 Å². The highest BCUT2D eigenvalue weighted by molar-refractivity contribution is 9.10. The van der Waals surface area contributed by atoms with Gasteiger partial charge >= 0.3 is 0 Å². The van der Waals surface area contributed by atoms with Gasteiger partial charge in [0.05, 0.1) is 5.56 Å². The molecule has 2 rings (SSSR count). The molecule has 0 spiro atoms. The predicted octanol–water partition coefficient (Wildman–Crippen LogP) is 3.10. The van der Waals surface area contributed by atoms with Crippen molar-refractivity contribution in [1.29, 1.82) is 0 Å². The number of hydrogen-bond donors (Lipinski definition) is 2. The standard InChI is InChI=1S/C13H13BrN4OS/c1-7-5-8(2)17-13(11(7)12(15)18-19)20-10-4-3-9(14)6-16-10/h3-6,19H,1-2H3,(H2,15,18). The molecule has 0 aliphatic heterocycles. The second-order valence-electron chi connectivity index (χ2n) is 4.16. The highest BCUT2D eigenvalue weighted by Gasteiger charge is 2.15. The number of nitrogens with two attached hydrogens (primary N) is 1. The summed E-state index contributed by atoms with van der Waals surface area (Å²) in [5, 5.41) is 13.5. The van der Waals surface area contributed by atoms with Crippen LogP contribution < -0.4 is 5.73 Å². The lowest BCUT2D eigenvalue weighted by Crippen LogP contribution is -2.17. The van der Waals surface area contributed by atoms with Gasteiger partial charge in [-0.3, -0.25) is 0 Å². The summed E-state index contributed by atoms with van der Waals surface area (Å²) in [5.74, 6) is 0.0506. The molecule has 0 radical (unpaired) electrons. The average molecular weight is 353 g/mol. The van der Waals surface area contributed by atoms with Crippen LogP contribution in [0.25, 0.3) is 0 Å². The number of hydrogen-bond acceptors (Lipinski definition) is 5. The number of amidine groups is 1. The lowest BCUT2D eigenvalue weighted by atomic mass is 10.1. The van der Waals surface area contributed by atoms with E-state index >= 15 is 0 Å². The molecule has 5 nitrogen and oxygen atoms in total. The Morgan fingerprint density at radius 1 is 1.40 bits per heavy atom. The molecule has 0 aromatic carbocycles. The third-order valence-corrected chi connectivity index (χ3v) is 3.99. The first-order chi connectivity index (χ1) is 9.51. The third-order valence-electron chi connectivity index (χ3n) is 2.58. The fourth-order valence-corrected chi connectivity index (χ4v) is 2.99. The smallest absolute Gasteiger partial charge is 0.173 e. The van der Waals surface area contributed by atoms with Crippen LogP contribution in [0.3, 0.4) is 0 Å². The van der Waals surface area contributed by atoms with Crippen LogP contribution in [0.4, 0.5) is 0 Å². The quantitative estimate of drug-likeness (QED) is 0.383. The Labute approximate surface area is 129 Å². The van der Waals surface area contributed by atoms with E-state index in [0.717, 1.165) is 20.8 Å². The van der Waals surface area contributed by atoms with Gasteiger partial charge in [-0.1, -0.05) is 5.16 Å². The first kappa shape index (κ1) is 14.8. The van der Waals surface area contributed by atoms with Crippen molar-refractivity contribution in [2.75, 3.05) is 0 Å². The molecule has 0 atom stereocenters. The first-order valence-corrected chi connectivity index (χ1v) is 7.37. The number of oxime groups is 1. The zero-order valence-electron chi connectivity index (χ0n) is 11.0. The molecule has 104 valence electrons. The summed E-state index contributed by atoms with van der Waals surface area (Å²) in [6.45, 7) is 3.81. The largest absolute Gasteiger partial charge is 0.409 e. The fraction of sp³-hybridized carbons (Fsp3) is 0.154. The summed E-state index contributed by atoms with van der Waals surface area (Å²) < 4.78 is 0.909. The van der Waals surface area contributed by atoms with Gasteiger partial charge in [-0.25, -0.2) is 9.97 Å². The summed E-state index contributed by atoms with van der Waals surface area (Å²) in [7, 11) is 0. The molecule has 2 aromatic rings. The van der Waals surface area contributed by atoms with Crippen LogP contribution in [0.2, 0.25) is 0 Å². The van der Waals surface area contributed by atoms with E-state index in [0.29, 0.717) is 10.6 Å². The molecular weight excluding hydrogens is 340 g/mol. The lowest BCUT2D eigenvalue weighted by Gasteiger charge is -2.11. The Hall–Kier alpha value is -1.60. The van der Waals surface area contributed by atoms with Gasteiger partial charge in [-0.05, 0) is 65.3 Å². The van der Waals surface area contributed by atoms with Gasteiger partial charge in [0.15, 0.2) is 5.84 Å². The second kappa shape index (κ2) is 6.23. The van der Waals surface area contributed by atoms with Crippen molar-refractivity contribution < 1.29 is 5.21 Å². The number of aromatic nitrogens is 2. The number of pyridine rings is 2. The summed E-state index contributed by atoms with van der Waals surface area (Å²) in [5.41, 5.74) is 8.16. The zero-order valence-corrected chi connectivity index (χ0v) is 13.4. The summed E-state index contributed by atoms with van der Waals surface area (Å²) in [6, 6.07) is 5.68. The normalized spacial score (nSPS) is 11.7. The van der Waals surface area contributed by atoms with Gasteiger partial charge in [0.2, 0.25) is 0 Å². The topological polar surface area (TPSA) is 84.4 Å². The highest BCUT2D eigenvalue weighted by Crippen LogP contribution is 2.30. The average Bonchev–Trinajstić information content (AvgIpc) is 2.40. The number of rotatable bonds is 3. The number of nitrogens with zero attached hydrogens (tertiary/aromatic N) is 3. The van der Waals surface area contributed by atoms with Crippen molar-refractivity contribution in [2.24, 2.45) is 10.9 Å². The monoisotopic (exact) mass is 352 g/mol. The summed E-state index contributed by atoms with van der Waals surface area (Å²) in [6.07, 6.45) is 1.72. The fourth-order valence-electron chi connectivity index (χ4n) is 1.76. The molecule has 0 aliphatic rings. The molecule has 7 heteroatoms. The molecule has 0 saturated heterocycles. The Balaban J connectivity index is 2.47. The van der Waals surface area contributed by atoms with Gasteiger partial charge in [-0.15, -0.1) is 0 Å². The molecule has 0 saturated carbocycles. The van der Waals surface area contributed by atoms with Gasteiger partial charge in [-0.2, -0.15) is 0 Å². The van der Waals surface area contributed by atoms with E-state index in [2.05, 4.69) is 31.1 Å². The van der Waals surface area contributed by atoms with E-state index in [4.69, 9.17) is 10.9 Å². The Morgan fingerprint density at radius 3 is 2.75 bits per heavy atom. The Bertz CT molecular complexity index is 658. The second-order valence-corrected chi connectivity index (χ2v) is 6.09. The maximum Gasteiger partial charge on any atom is 0.173 e. The van der Waals surface area contributed by atoms with Crippen LogP contribution in [0.1, 0.15) is 16.8 Å². The SMILES string of the molecule is Cc1cc(C)c(C(N)=NO)c(Sc2ccc(Br)cn2)n1. The highest BCUT2D eigenvalue weighted by atomic mass is 79.9. The minimum atomic E-state index is 0.0506. The minimum absolute atomic E-state index is 0.0506. The molecule has 2 aromatic heterocycles. The maximum atomic E-state index is 8.91. The molecule has 2 heterocycles. The first-order valence-electron chi connectivity index (χ1n) is 5.77. The van der Waals surface area contributed by atoms with Crippen molar-refractivity contribution in [3.8, 4) is 0 Å². The van der Waals surface area contributed by atoms with E-state index in [1.54, 1.807) is 6.20 Å². The van der Waals surface area contributed by atoms with Crippen molar-refractivity contribution in [1.82, 2.24) is 9.97 Å². The molecule has 0 aliphatic carbocycles. The lowest BCUT2D eigenvalue weighted by molar-refractivity contribution is 0.318. The number of halogens is 1. The summed E-state index contributed by atoms with van der Waals surface area (Å²) >= 11 is 4.72. The zero-order chi connectivity index (χ0) is 14.7. The van der Waals surface area contributed by atoms with Gasteiger partial charge < -0.3 is 10.9 Å². The van der Waals surface area contributed by atoms with Gasteiger partial charge in [0.25, 0.3) is 0 Å². The molecule has 0 unspecified atom stereocenters. The van der Waals surface area contributed by atoms with Crippen molar-refractivity contribution >= 4 is 33.5 Å². The van der Waals surface area contributed by atoms with Crippen LogP contribution in [-0.2, 0) is 0 Å². The van der Waals surface area contributed by atoms with Gasteiger partial charge in [0, 0.05) is 16.4 Å². The van der Waals surface area contributed by atoms with E-state index < -0.39 is 0 Å². The van der Waals surface area contributed by atoms with E-state index in [9.17, 15) is 0 Å². The molecule has 3 N–H and O–H groups in total. The van der Waals surface area contributed by atoms with E-state index in [1.165, 1.54) is 11.8 Å². The van der Waals surface area contributed by atoms with E-state index in [1.807, 2.05) is 32.0 Å². The maximum absolute atomic E-state index is 8.91. The van der Waals surface area contributed by atoms with Crippen LogP contribution >= 0.6 is 27.7 Å². The summed E-state index contributed by atoms with van der Waals surface area (Å²) in [4.78, 5) is 8.75. The predicted molar refractivity (Wildman–Crippen MR) is 82.3 cm³/mol. The number of aryl methyl sites for hydroxylation is 2. The minimum Gasteiger partial charge on any atom is -0.409 e. The van der Waals surface area contributed by atoms with Crippen molar-refractivity contribution in [2.45, 2.75) is 23.9 Å². The molecule has 0 amide bonds. The molecular formula is C13H13BrN4OS. The van der Waals surface area contributed by atoms with Crippen molar-refractivity contribution in [3.05, 3.63) is 45.7 Å². The van der Waals surface area contributed by atoms with Crippen molar-refractivity contribution in [3.63, 3.8) is 0 Å². The molecule has 0 bridgehead atoms. The van der Waals surface area contributed by atoms with E-state index in [-0.39, 0.29) is 5.84 Å².